The van der Waals surface area contributed by atoms with E-state index >= 15 is 0 Å². The zero-order valence-electron chi connectivity index (χ0n) is 20.9. The van der Waals surface area contributed by atoms with Crippen molar-refractivity contribution in [1.82, 2.24) is 19.7 Å². The van der Waals surface area contributed by atoms with Gasteiger partial charge in [0.2, 0.25) is 0 Å². The third-order valence-electron chi connectivity index (χ3n) is 8.32. The van der Waals surface area contributed by atoms with Gasteiger partial charge in [0.15, 0.2) is 11.5 Å². The molecular weight excluding hydrogens is 560 g/mol. The first-order chi connectivity index (χ1) is 18.4. The van der Waals surface area contributed by atoms with Crippen LogP contribution in [0.3, 0.4) is 0 Å². The summed E-state index contributed by atoms with van der Waals surface area (Å²) in [6.45, 7) is -0.378. The summed E-state index contributed by atoms with van der Waals surface area (Å²) in [6.07, 6.45) is 3.24. The van der Waals surface area contributed by atoms with Crippen LogP contribution in [0.5, 0.6) is 0 Å². The summed E-state index contributed by atoms with van der Waals surface area (Å²) in [5.41, 5.74) is -1.57. The summed E-state index contributed by atoms with van der Waals surface area (Å²) in [4.78, 5) is 43.2. The van der Waals surface area contributed by atoms with Crippen LogP contribution >= 0.6 is 23.2 Å². The van der Waals surface area contributed by atoms with Crippen LogP contribution in [0.4, 0.5) is 13.2 Å². The lowest BCUT2D eigenvalue weighted by Crippen LogP contribution is -2.43. The molecule has 3 fully saturated rings. The molecule has 3 saturated carbocycles. The molecule has 0 saturated heterocycles. The highest BCUT2D eigenvalue weighted by molar-refractivity contribution is 6.39. The molecule has 2 aromatic rings. The van der Waals surface area contributed by atoms with E-state index in [9.17, 15) is 32.7 Å². The van der Waals surface area contributed by atoms with Crippen LogP contribution in [0, 0.1) is 17.3 Å². The van der Waals surface area contributed by atoms with Crippen molar-refractivity contribution in [3.8, 4) is 0 Å². The predicted molar refractivity (Wildman–Crippen MR) is 135 cm³/mol. The van der Waals surface area contributed by atoms with E-state index in [0.29, 0.717) is 0 Å². The minimum atomic E-state index is -4.90. The molecule has 1 spiro atoms. The molecule has 2 aromatic heterocycles. The topological polar surface area (TPSA) is 105 Å². The smallest absolute Gasteiger partial charge is 0.433 e. The molecule has 0 aliphatic heterocycles. The van der Waals surface area contributed by atoms with Crippen molar-refractivity contribution in [1.29, 1.82) is 0 Å². The fraction of sp³-hybridized carbons (Fsp3) is 0.577. The molecule has 1 amide bonds. The van der Waals surface area contributed by atoms with Crippen molar-refractivity contribution in [3.05, 3.63) is 45.5 Å². The maximum atomic E-state index is 14.4. The molecule has 8 nitrogen and oxygen atoms in total. The van der Waals surface area contributed by atoms with E-state index in [0.717, 1.165) is 41.5 Å². The quantitative estimate of drug-likeness (QED) is 0.384. The van der Waals surface area contributed by atoms with Gasteiger partial charge in [0.1, 0.15) is 0 Å². The van der Waals surface area contributed by atoms with Crippen LogP contribution in [0.25, 0.3) is 0 Å². The van der Waals surface area contributed by atoms with E-state index in [1.807, 2.05) is 0 Å². The highest BCUT2D eigenvalue weighted by Crippen LogP contribution is 2.63. The van der Waals surface area contributed by atoms with E-state index in [2.05, 4.69) is 10.1 Å². The number of hydrogen-bond donors (Lipinski definition) is 1. The fourth-order valence-electron chi connectivity index (χ4n) is 6.16. The van der Waals surface area contributed by atoms with E-state index in [1.165, 1.54) is 12.4 Å². The minimum absolute atomic E-state index is 0.0127. The van der Waals surface area contributed by atoms with Crippen LogP contribution < -0.4 is 0 Å². The molecule has 0 bridgehead atoms. The van der Waals surface area contributed by atoms with E-state index in [4.69, 9.17) is 23.2 Å². The van der Waals surface area contributed by atoms with Crippen LogP contribution in [-0.4, -0.2) is 55.5 Å². The molecule has 0 radical (unpaired) electrons. The van der Waals surface area contributed by atoms with E-state index in [1.54, 1.807) is 0 Å². The Balaban J connectivity index is 1.43. The van der Waals surface area contributed by atoms with Crippen LogP contribution in [0.2, 0.25) is 10.0 Å². The number of aromatic nitrogens is 3. The Kier molecular flexibility index (Phi) is 7.43. The van der Waals surface area contributed by atoms with Crippen molar-refractivity contribution < 1.29 is 32.7 Å². The molecule has 0 aromatic carbocycles. The number of ketones is 1. The number of aliphatic carboxylic acids is 1. The minimum Gasteiger partial charge on any atom is -0.481 e. The Morgan fingerprint density at radius 1 is 1.05 bits per heavy atom. The highest BCUT2D eigenvalue weighted by Gasteiger charge is 2.53. The van der Waals surface area contributed by atoms with Crippen molar-refractivity contribution in [2.75, 3.05) is 13.1 Å². The van der Waals surface area contributed by atoms with E-state index < -0.39 is 53.6 Å². The summed E-state index contributed by atoms with van der Waals surface area (Å²) < 4.78 is 43.9. The molecular formula is C26H27Cl2F3N4O4. The number of amides is 1. The van der Waals surface area contributed by atoms with Gasteiger partial charge in [-0.3, -0.25) is 24.0 Å². The number of carbonyl (C=O) groups is 3. The number of carboxylic acids is 1. The molecule has 2 heterocycles. The van der Waals surface area contributed by atoms with Gasteiger partial charge in [-0.25, -0.2) is 0 Å². The molecule has 5 rings (SSSR count). The zero-order chi connectivity index (χ0) is 28.1. The zero-order valence-corrected chi connectivity index (χ0v) is 22.4. The number of alkyl halides is 3. The van der Waals surface area contributed by atoms with Crippen molar-refractivity contribution in [2.45, 2.75) is 63.6 Å². The normalized spacial score (nSPS) is 22.4. The first kappa shape index (κ1) is 27.9. The second-order valence-corrected chi connectivity index (χ2v) is 11.9. The summed E-state index contributed by atoms with van der Waals surface area (Å²) in [5, 5.41) is 13.2. The van der Waals surface area contributed by atoms with Crippen LogP contribution in [0.1, 0.15) is 83.8 Å². The molecule has 0 unspecified atom stereocenters. The summed E-state index contributed by atoms with van der Waals surface area (Å²) in [5.74, 6) is -3.06. The average Bonchev–Trinajstić information content (AvgIpc) is 3.51. The maximum Gasteiger partial charge on any atom is 0.433 e. The van der Waals surface area contributed by atoms with Crippen molar-refractivity contribution in [3.63, 3.8) is 0 Å². The van der Waals surface area contributed by atoms with E-state index in [-0.39, 0.29) is 59.2 Å². The number of carbonyl (C=O) groups excluding carboxylic acids is 2. The number of Topliss-reactive ketones (excluding diaryl/α,β-unsaturated/α-hetero) is 1. The fourth-order valence-corrected chi connectivity index (χ4v) is 6.73. The largest absolute Gasteiger partial charge is 0.481 e. The SMILES string of the molecule is O=C(CN(CC1CC2(CC2)C1)C(=O)c1cnn(C2CCC(C(=O)O)CC2)c1C(F)(F)F)c1c(Cl)cncc1Cl. The van der Waals surface area contributed by atoms with Crippen LogP contribution in [-0.2, 0) is 11.0 Å². The van der Waals surface area contributed by atoms with Gasteiger partial charge in [-0.15, -0.1) is 0 Å². The summed E-state index contributed by atoms with van der Waals surface area (Å²) in [7, 11) is 0. The van der Waals surface area contributed by atoms with Gasteiger partial charge < -0.3 is 10.0 Å². The van der Waals surface area contributed by atoms with Gasteiger partial charge in [0.05, 0.1) is 45.9 Å². The second-order valence-electron chi connectivity index (χ2n) is 11.1. The number of halogens is 5. The Labute approximate surface area is 232 Å². The van der Waals surface area contributed by atoms with Gasteiger partial charge in [0.25, 0.3) is 5.91 Å². The third-order valence-corrected chi connectivity index (χ3v) is 8.89. The van der Waals surface area contributed by atoms with Crippen molar-refractivity contribution >= 4 is 40.9 Å². The number of hydrogen-bond acceptors (Lipinski definition) is 5. The molecule has 0 atom stereocenters. The first-order valence-corrected chi connectivity index (χ1v) is 13.6. The number of nitrogens with zero attached hydrogens (tertiary/aromatic N) is 4. The molecule has 1 N–H and O–H groups in total. The monoisotopic (exact) mass is 586 g/mol. The standard InChI is InChI=1S/C26H27Cl2F3N4O4/c27-18-10-32-11-19(28)21(18)20(36)13-34(12-14-7-25(8-14)5-6-25)23(37)17-9-33-35(22(17)26(29,30)31)16-3-1-15(2-4-16)24(38)39/h9-11,14-16H,1-8,12-13H2,(H,38,39). The number of pyridine rings is 1. The molecule has 3 aliphatic rings. The maximum absolute atomic E-state index is 14.4. The van der Waals surface area contributed by atoms with Crippen LogP contribution in [0.15, 0.2) is 18.6 Å². The second kappa shape index (κ2) is 10.4. The number of carboxylic acid groups (broad SMARTS) is 1. The Morgan fingerprint density at radius 2 is 1.67 bits per heavy atom. The molecule has 13 heteroatoms. The Morgan fingerprint density at radius 3 is 2.21 bits per heavy atom. The van der Waals surface area contributed by atoms with Gasteiger partial charge in [0, 0.05) is 18.9 Å². The molecule has 39 heavy (non-hydrogen) atoms. The summed E-state index contributed by atoms with van der Waals surface area (Å²) in [6, 6.07) is -0.690. The van der Waals surface area contributed by atoms with Gasteiger partial charge in [-0.05, 0) is 62.7 Å². The molecule has 3 aliphatic carbocycles. The third kappa shape index (κ3) is 5.66. The van der Waals surface area contributed by atoms with Gasteiger partial charge in [-0.1, -0.05) is 23.2 Å². The van der Waals surface area contributed by atoms with Gasteiger partial charge >= 0.3 is 12.1 Å². The average molecular weight is 587 g/mol. The van der Waals surface area contributed by atoms with Crippen molar-refractivity contribution in [2.24, 2.45) is 17.3 Å². The lowest BCUT2D eigenvalue weighted by molar-refractivity contribution is -0.147. The van der Waals surface area contributed by atoms with Gasteiger partial charge in [-0.2, -0.15) is 18.3 Å². The Hall–Kier alpha value is -2.66. The Bertz CT molecular complexity index is 1270. The summed E-state index contributed by atoms with van der Waals surface area (Å²) >= 11 is 12.3. The number of rotatable bonds is 8. The first-order valence-electron chi connectivity index (χ1n) is 12.9. The predicted octanol–water partition coefficient (Wildman–Crippen LogP) is 5.93. The molecule has 210 valence electrons. The lowest BCUT2D eigenvalue weighted by Gasteiger charge is -2.39. The lowest BCUT2D eigenvalue weighted by atomic mass is 9.71. The highest BCUT2D eigenvalue weighted by atomic mass is 35.5.